The summed E-state index contributed by atoms with van der Waals surface area (Å²) in [5.41, 5.74) is 0. The first kappa shape index (κ1) is 13.6. The lowest BCUT2D eigenvalue weighted by atomic mass is 10.0. The maximum Gasteiger partial charge on any atom is 0.252 e. The Morgan fingerprint density at radius 3 is 2.82 bits per heavy atom. The van der Waals surface area contributed by atoms with Crippen molar-refractivity contribution in [2.24, 2.45) is 5.92 Å². The summed E-state index contributed by atoms with van der Waals surface area (Å²) < 4.78 is 26.9. The van der Waals surface area contributed by atoms with Gasteiger partial charge in [0, 0.05) is 19.0 Å². The average Bonchev–Trinajstić information content (AvgIpc) is 2.76. The Hall–Kier alpha value is 0.190. The molecule has 1 aromatic rings. The molecule has 7 heteroatoms. The average molecular weight is 314 g/mol. The van der Waals surface area contributed by atoms with E-state index < -0.39 is 10.0 Å². The van der Waals surface area contributed by atoms with Gasteiger partial charge in [0.05, 0.1) is 4.34 Å². The van der Waals surface area contributed by atoms with Crippen molar-refractivity contribution in [2.75, 3.05) is 19.0 Å². The van der Waals surface area contributed by atoms with Crippen LogP contribution in [-0.2, 0) is 10.0 Å². The van der Waals surface area contributed by atoms with Crippen molar-refractivity contribution in [3.05, 3.63) is 16.5 Å². The van der Waals surface area contributed by atoms with Gasteiger partial charge >= 0.3 is 0 Å². The van der Waals surface area contributed by atoms with Gasteiger partial charge in [0.15, 0.2) is 0 Å². The van der Waals surface area contributed by atoms with Gasteiger partial charge in [0.25, 0.3) is 10.0 Å². The minimum atomic E-state index is -3.38. The molecule has 1 fully saturated rings. The fourth-order valence-electron chi connectivity index (χ4n) is 1.93. The van der Waals surface area contributed by atoms with Crippen LogP contribution in [-0.4, -0.2) is 31.7 Å². The molecule has 0 saturated carbocycles. The van der Waals surface area contributed by atoms with E-state index in [1.807, 2.05) is 0 Å². The second-order valence-corrected chi connectivity index (χ2v) is 8.27. The first-order chi connectivity index (χ1) is 8.04. The van der Waals surface area contributed by atoms with Gasteiger partial charge in [-0.05, 0) is 30.9 Å². The molecular weight excluding hydrogens is 301 g/mol. The molecule has 3 nitrogen and oxygen atoms in total. The third-order valence-electron chi connectivity index (χ3n) is 2.84. The summed E-state index contributed by atoms with van der Waals surface area (Å²) in [6.07, 6.45) is 1.87. The molecule has 0 radical (unpaired) electrons. The molecule has 17 heavy (non-hydrogen) atoms. The number of rotatable bonds is 3. The predicted octanol–water partition coefficient (Wildman–Crippen LogP) is 3.04. The van der Waals surface area contributed by atoms with Crippen molar-refractivity contribution in [1.29, 1.82) is 0 Å². The van der Waals surface area contributed by atoms with Gasteiger partial charge in [0.1, 0.15) is 4.21 Å². The molecular formula is C10H13Cl2NO2S2. The highest BCUT2D eigenvalue weighted by Crippen LogP contribution is 2.30. The van der Waals surface area contributed by atoms with Crippen molar-refractivity contribution in [3.8, 4) is 0 Å². The summed E-state index contributed by atoms with van der Waals surface area (Å²) in [7, 11) is -3.38. The normalized spacial score (nSPS) is 22.8. The molecule has 96 valence electrons. The van der Waals surface area contributed by atoms with E-state index in [4.69, 9.17) is 23.2 Å². The highest BCUT2D eigenvalue weighted by atomic mass is 35.5. The Balaban J connectivity index is 2.21. The molecule has 2 heterocycles. The van der Waals surface area contributed by atoms with E-state index >= 15 is 0 Å². The number of nitrogens with zero attached hydrogens (tertiary/aromatic N) is 1. The number of piperidine rings is 1. The Morgan fingerprint density at radius 2 is 2.24 bits per heavy atom. The molecule has 0 spiro atoms. The van der Waals surface area contributed by atoms with E-state index in [-0.39, 0.29) is 5.92 Å². The van der Waals surface area contributed by atoms with Gasteiger partial charge < -0.3 is 0 Å². The summed E-state index contributed by atoms with van der Waals surface area (Å²) in [6, 6.07) is 3.18. The SMILES string of the molecule is O=S(=O)(c1ccc(Cl)s1)N1CCCC(CCl)C1. The largest absolute Gasteiger partial charge is 0.252 e. The van der Waals surface area contributed by atoms with Crippen LogP contribution in [0.15, 0.2) is 16.3 Å². The van der Waals surface area contributed by atoms with Crippen LogP contribution in [0.4, 0.5) is 0 Å². The minimum Gasteiger partial charge on any atom is -0.206 e. The second kappa shape index (κ2) is 5.45. The number of hydrogen-bond acceptors (Lipinski definition) is 3. The van der Waals surface area contributed by atoms with Gasteiger partial charge in [0.2, 0.25) is 0 Å². The van der Waals surface area contributed by atoms with Crippen LogP contribution < -0.4 is 0 Å². The van der Waals surface area contributed by atoms with Crippen molar-refractivity contribution in [1.82, 2.24) is 4.31 Å². The van der Waals surface area contributed by atoms with E-state index in [0.717, 1.165) is 24.2 Å². The number of alkyl halides is 1. The molecule has 0 amide bonds. The fourth-order valence-corrected chi connectivity index (χ4v) is 5.38. The van der Waals surface area contributed by atoms with Gasteiger partial charge in [-0.1, -0.05) is 11.6 Å². The van der Waals surface area contributed by atoms with Crippen LogP contribution in [0.3, 0.4) is 0 Å². The van der Waals surface area contributed by atoms with Gasteiger partial charge in [-0.25, -0.2) is 8.42 Å². The van der Waals surface area contributed by atoms with E-state index in [9.17, 15) is 8.42 Å². The fraction of sp³-hybridized carbons (Fsp3) is 0.600. The third-order valence-corrected chi connectivity index (χ3v) is 6.84. The molecule has 2 rings (SSSR count). The summed E-state index contributed by atoms with van der Waals surface area (Å²) >= 11 is 12.7. The minimum absolute atomic E-state index is 0.260. The zero-order chi connectivity index (χ0) is 12.5. The van der Waals surface area contributed by atoms with Crippen LogP contribution >= 0.6 is 34.5 Å². The molecule has 1 atom stereocenters. The smallest absolute Gasteiger partial charge is 0.206 e. The number of hydrogen-bond donors (Lipinski definition) is 0. The molecule has 1 aromatic heterocycles. The molecule has 0 aliphatic carbocycles. The number of sulfonamides is 1. The zero-order valence-electron chi connectivity index (χ0n) is 9.10. The van der Waals surface area contributed by atoms with Crippen LogP contribution in [0.1, 0.15) is 12.8 Å². The van der Waals surface area contributed by atoms with Crippen molar-refractivity contribution in [2.45, 2.75) is 17.1 Å². The third kappa shape index (κ3) is 2.96. The number of thiophene rings is 1. The summed E-state index contributed by atoms with van der Waals surface area (Å²) in [4.78, 5) is 0. The molecule has 1 saturated heterocycles. The highest BCUT2D eigenvalue weighted by molar-refractivity contribution is 7.91. The monoisotopic (exact) mass is 313 g/mol. The summed E-state index contributed by atoms with van der Waals surface area (Å²) in [5.74, 6) is 0.771. The van der Waals surface area contributed by atoms with Crippen LogP contribution in [0.5, 0.6) is 0 Å². The molecule has 1 aliphatic rings. The predicted molar refractivity (Wildman–Crippen MR) is 71.5 cm³/mol. The lowest BCUT2D eigenvalue weighted by molar-refractivity contribution is 0.284. The summed E-state index contributed by atoms with van der Waals surface area (Å²) in [6.45, 7) is 1.09. The van der Waals surface area contributed by atoms with Gasteiger partial charge in [-0.3, -0.25) is 0 Å². The van der Waals surface area contributed by atoms with Crippen molar-refractivity contribution >= 4 is 44.6 Å². The molecule has 1 aliphatic heterocycles. The van der Waals surface area contributed by atoms with E-state index in [1.54, 1.807) is 12.1 Å². The summed E-state index contributed by atoms with van der Waals surface area (Å²) in [5, 5.41) is 0. The highest BCUT2D eigenvalue weighted by Gasteiger charge is 2.30. The van der Waals surface area contributed by atoms with Crippen LogP contribution in [0.25, 0.3) is 0 Å². The Bertz CT molecular complexity index is 486. The van der Waals surface area contributed by atoms with Crippen LogP contribution in [0.2, 0.25) is 4.34 Å². The van der Waals surface area contributed by atoms with Crippen molar-refractivity contribution in [3.63, 3.8) is 0 Å². The van der Waals surface area contributed by atoms with E-state index in [1.165, 1.54) is 4.31 Å². The zero-order valence-corrected chi connectivity index (χ0v) is 12.2. The van der Waals surface area contributed by atoms with E-state index in [0.29, 0.717) is 27.5 Å². The quantitative estimate of drug-likeness (QED) is 0.804. The van der Waals surface area contributed by atoms with Gasteiger partial charge in [-0.2, -0.15) is 4.31 Å². The Kier molecular flexibility index (Phi) is 4.36. The molecule has 0 aromatic carbocycles. The molecule has 0 bridgehead atoms. The lowest BCUT2D eigenvalue weighted by Crippen LogP contribution is -2.40. The first-order valence-corrected chi connectivity index (χ1v) is 8.52. The Morgan fingerprint density at radius 1 is 1.47 bits per heavy atom. The van der Waals surface area contributed by atoms with E-state index in [2.05, 4.69) is 0 Å². The van der Waals surface area contributed by atoms with Gasteiger partial charge in [-0.15, -0.1) is 22.9 Å². The number of halogens is 2. The maximum atomic E-state index is 12.3. The standard InChI is InChI=1S/C10H13Cl2NO2S2/c11-6-8-2-1-5-13(7-8)17(14,15)10-4-3-9(12)16-10/h3-4,8H,1-2,5-7H2. The Labute approximate surface area is 115 Å². The lowest BCUT2D eigenvalue weighted by Gasteiger charge is -2.30. The first-order valence-electron chi connectivity index (χ1n) is 5.35. The molecule has 0 N–H and O–H groups in total. The van der Waals surface area contributed by atoms with Crippen molar-refractivity contribution < 1.29 is 8.42 Å². The maximum absolute atomic E-state index is 12.3. The topological polar surface area (TPSA) is 37.4 Å². The van der Waals surface area contributed by atoms with Crippen LogP contribution in [0, 0.1) is 5.92 Å². The second-order valence-electron chi connectivity index (χ2n) is 4.08. The molecule has 1 unspecified atom stereocenters.